The van der Waals surface area contributed by atoms with Crippen LogP contribution in [-0.4, -0.2) is 28.4 Å². The number of aromatic amines is 1. The molecule has 26 heavy (non-hydrogen) atoms. The Morgan fingerprint density at radius 3 is 2.92 bits per heavy atom. The molecule has 2 N–H and O–H groups in total. The van der Waals surface area contributed by atoms with Gasteiger partial charge in [0.2, 0.25) is 0 Å². The van der Waals surface area contributed by atoms with Crippen molar-refractivity contribution in [3.8, 4) is 0 Å². The summed E-state index contributed by atoms with van der Waals surface area (Å²) in [6.07, 6.45) is 10.1. The van der Waals surface area contributed by atoms with Gasteiger partial charge in [0.1, 0.15) is 0 Å². The topological polar surface area (TPSA) is 70.1 Å². The van der Waals surface area contributed by atoms with Gasteiger partial charge >= 0.3 is 0 Å². The summed E-state index contributed by atoms with van der Waals surface area (Å²) in [6.45, 7) is 7.09. The van der Waals surface area contributed by atoms with Crippen molar-refractivity contribution in [3.63, 3.8) is 0 Å². The Hall–Kier alpha value is -2.95. The predicted octanol–water partition coefficient (Wildman–Crippen LogP) is 4.04. The molecule has 1 aliphatic carbocycles. The van der Waals surface area contributed by atoms with Crippen LogP contribution in [-0.2, 0) is 4.79 Å². The third-order valence-corrected chi connectivity index (χ3v) is 4.87. The van der Waals surface area contributed by atoms with Crippen LogP contribution in [0.1, 0.15) is 20.8 Å². The minimum absolute atomic E-state index is 0.142. The molecule has 1 aliphatic heterocycles. The van der Waals surface area contributed by atoms with E-state index in [2.05, 4.69) is 53.4 Å². The number of amides is 1. The van der Waals surface area contributed by atoms with Gasteiger partial charge in [-0.2, -0.15) is 5.10 Å². The van der Waals surface area contributed by atoms with Crippen molar-refractivity contribution in [1.29, 1.82) is 0 Å². The van der Waals surface area contributed by atoms with Gasteiger partial charge in [-0.3, -0.25) is 9.89 Å². The van der Waals surface area contributed by atoms with E-state index in [1.807, 2.05) is 30.4 Å². The summed E-state index contributed by atoms with van der Waals surface area (Å²) in [5.41, 5.74) is 4.56. The summed E-state index contributed by atoms with van der Waals surface area (Å²) in [5.74, 6) is 0.159. The number of nitrogens with zero attached hydrogens (tertiary/aromatic N) is 2. The van der Waals surface area contributed by atoms with Crippen LogP contribution < -0.4 is 5.32 Å². The molecule has 2 heterocycles. The number of aliphatic imine (C=N–C) groups is 1. The van der Waals surface area contributed by atoms with Crippen LogP contribution in [0.4, 0.5) is 5.69 Å². The maximum Gasteiger partial charge on any atom is 0.275 e. The molecule has 0 fully saturated rings. The van der Waals surface area contributed by atoms with Crippen molar-refractivity contribution in [2.75, 3.05) is 11.9 Å². The number of aromatic nitrogens is 2. The van der Waals surface area contributed by atoms with Crippen molar-refractivity contribution in [2.45, 2.75) is 20.8 Å². The maximum absolute atomic E-state index is 12.3. The molecule has 5 heteroatoms. The minimum atomic E-state index is -0.173. The number of dihydropyridines is 1. The third-order valence-electron chi connectivity index (χ3n) is 4.87. The lowest BCUT2D eigenvalue weighted by Gasteiger charge is -2.29. The second kappa shape index (κ2) is 6.09. The molecule has 1 unspecified atom stereocenters. The van der Waals surface area contributed by atoms with E-state index in [4.69, 9.17) is 0 Å². The van der Waals surface area contributed by atoms with E-state index in [9.17, 15) is 4.79 Å². The zero-order chi connectivity index (χ0) is 18.3. The summed E-state index contributed by atoms with van der Waals surface area (Å²) in [4.78, 5) is 16.6. The van der Waals surface area contributed by atoms with Gasteiger partial charge in [-0.15, -0.1) is 0 Å². The Balaban J connectivity index is 1.54. The maximum atomic E-state index is 12.3. The van der Waals surface area contributed by atoms with E-state index >= 15 is 0 Å². The summed E-state index contributed by atoms with van der Waals surface area (Å²) >= 11 is 0. The SMILES string of the molecule is CC(C)(C)C1C=CC2=NC(=O)C(CNc3ccc4[nH]ncc4c3)=CC2=C1. The first-order chi connectivity index (χ1) is 12.4. The summed E-state index contributed by atoms with van der Waals surface area (Å²) in [5, 5.41) is 11.3. The smallest absolute Gasteiger partial charge is 0.275 e. The van der Waals surface area contributed by atoms with Gasteiger partial charge < -0.3 is 5.32 Å². The second-order valence-electron chi connectivity index (χ2n) is 7.87. The lowest BCUT2D eigenvalue weighted by Crippen LogP contribution is -2.24. The van der Waals surface area contributed by atoms with Crippen LogP contribution in [0.2, 0.25) is 0 Å². The molecule has 1 aromatic carbocycles. The highest BCUT2D eigenvalue weighted by atomic mass is 16.1. The van der Waals surface area contributed by atoms with Crippen LogP contribution in [0.25, 0.3) is 10.9 Å². The number of rotatable bonds is 3. The van der Waals surface area contributed by atoms with E-state index < -0.39 is 0 Å². The second-order valence-corrected chi connectivity index (χ2v) is 7.87. The summed E-state index contributed by atoms with van der Waals surface area (Å²) < 4.78 is 0. The fraction of sp³-hybridized carbons (Fsp3) is 0.286. The highest BCUT2D eigenvalue weighted by molar-refractivity contribution is 6.20. The van der Waals surface area contributed by atoms with E-state index in [1.54, 1.807) is 6.20 Å². The zero-order valence-corrected chi connectivity index (χ0v) is 15.2. The first-order valence-corrected chi connectivity index (χ1v) is 8.81. The molecule has 1 atom stereocenters. The van der Waals surface area contributed by atoms with E-state index in [0.29, 0.717) is 18.0 Å². The van der Waals surface area contributed by atoms with E-state index in [1.165, 1.54) is 0 Å². The molecule has 2 aliphatic rings. The molecule has 0 bridgehead atoms. The van der Waals surface area contributed by atoms with Crippen molar-refractivity contribution in [3.05, 3.63) is 59.8 Å². The standard InChI is InChI=1S/C21H22N4O/c1-21(2,3)16-4-6-18-13(9-16)8-15(20(26)24-18)11-22-17-5-7-19-14(10-17)12-23-25-19/h4-10,12,16,22H,11H2,1-3H3,(H,23,25). The number of carbonyl (C=O) groups excluding carboxylic acids is 1. The van der Waals surface area contributed by atoms with Crippen molar-refractivity contribution < 1.29 is 4.79 Å². The van der Waals surface area contributed by atoms with Crippen LogP contribution in [0.15, 0.2) is 64.8 Å². The molecule has 4 rings (SSSR count). The Morgan fingerprint density at radius 1 is 1.27 bits per heavy atom. The minimum Gasteiger partial charge on any atom is -0.381 e. The molecule has 0 saturated carbocycles. The van der Waals surface area contributed by atoms with Crippen LogP contribution in [0.5, 0.6) is 0 Å². The number of anilines is 1. The van der Waals surface area contributed by atoms with E-state index in [-0.39, 0.29) is 11.3 Å². The van der Waals surface area contributed by atoms with Gasteiger partial charge in [-0.25, -0.2) is 4.99 Å². The van der Waals surface area contributed by atoms with Gasteiger partial charge in [0.25, 0.3) is 5.91 Å². The monoisotopic (exact) mass is 346 g/mol. The van der Waals surface area contributed by atoms with Crippen LogP contribution >= 0.6 is 0 Å². The first kappa shape index (κ1) is 16.5. The average molecular weight is 346 g/mol. The number of fused-ring (bicyclic) bond motifs is 2. The lowest BCUT2D eigenvalue weighted by atomic mass is 9.76. The van der Waals surface area contributed by atoms with Gasteiger partial charge in [0.15, 0.2) is 0 Å². The highest BCUT2D eigenvalue weighted by Crippen LogP contribution is 2.33. The van der Waals surface area contributed by atoms with Crippen molar-refractivity contribution in [1.82, 2.24) is 10.2 Å². The first-order valence-electron chi connectivity index (χ1n) is 8.81. The number of nitrogens with one attached hydrogen (secondary N) is 2. The fourth-order valence-corrected chi connectivity index (χ4v) is 3.20. The largest absolute Gasteiger partial charge is 0.381 e. The normalized spacial score (nSPS) is 19.7. The molecule has 1 aromatic heterocycles. The summed E-state index contributed by atoms with van der Waals surface area (Å²) in [7, 11) is 0. The lowest BCUT2D eigenvalue weighted by molar-refractivity contribution is -0.114. The quantitative estimate of drug-likeness (QED) is 0.881. The van der Waals surface area contributed by atoms with Gasteiger partial charge in [-0.1, -0.05) is 32.9 Å². The molecule has 1 amide bonds. The fourth-order valence-electron chi connectivity index (χ4n) is 3.20. The summed E-state index contributed by atoms with van der Waals surface area (Å²) in [6, 6.07) is 5.96. The number of benzene rings is 1. The molecule has 5 nitrogen and oxygen atoms in total. The Morgan fingerprint density at radius 2 is 2.12 bits per heavy atom. The number of H-pyrrole nitrogens is 1. The number of carbonyl (C=O) groups is 1. The van der Waals surface area contributed by atoms with Crippen molar-refractivity contribution in [2.24, 2.45) is 16.3 Å². The Kier molecular flexibility index (Phi) is 3.87. The van der Waals surface area contributed by atoms with E-state index in [0.717, 1.165) is 27.9 Å². The molecular weight excluding hydrogens is 324 g/mol. The van der Waals surface area contributed by atoms with Gasteiger partial charge in [0.05, 0.1) is 17.4 Å². The highest BCUT2D eigenvalue weighted by Gasteiger charge is 2.26. The average Bonchev–Trinajstić information content (AvgIpc) is 3.06. The predicted molar refractivity (Wildman–Crippen MR) is 105 cm³/mol. The van der Waals surface area contributed by atoms with Gasteiger partial charge in [-0.05, 0) is 41.3 Å². The number of hydrogen-bond acceptors (Lipinski definition) is 3. The molecule has 0 radical (unpaired) electrons. The third kappa shape index (κ3) is 3.12. The van der Waals surface area contributed by atoms with Crippen LogP contribution in [0.3, 0.4) is 0 Å². The molecule has 0 spiro atoms. The Bertz CT molecular complexity index is 998. The molecular formula is C21H22N4O. The zero-order valence-electron chi connectivity index (χ0n) is 15.2. The number of allylic oxidation sites excluding steroid dienone is 5. The van der Waals surface area contributed by atoms with Gasteiger partial charge in [0, 0.05) is 29.1 Å². The molecule has 0 saturated heterocycles. The molecule has 2 aromatic rings. The number of hydrogen-bond donors (Lipinski definition) is 2. The Labute approximate surface area is 152 Å². The molecule has 132 valence electrons. The van der Waals surface area contributed by atoms with Crippen molar-refractivity contribution >= 4 is 28.2 Å². The van der Waals surface area contributed by atoms with Crippen LogP contribution in [0, 0.1) is 11.3 Å².